The number of ether oxygens (including phenoxy) is 1. The predicted octanol–water partition coefficient (Wildman–Crippen LogP) is 5.27. The molecule has 5 nitrogen and oxygen atoms in total. The molecule has 0 radical (unpaired) electrons. The van der Waals surface area contributed by atoms with Crippen molar-refractivity contribution in [3.05, 3.63) is 64.8 Å². The quantitative estimate of drug-likeness (QED) is 0.667. The van der Waals surface area contributed by atoms with E-state index in [2.05, 4.69) is 39.5 Å². The highest BCUT2D eigenvalue weighted by molar-refractivity contribution is 6.32. The van der Waals surface area contributed by atoms with E-state index in [0.29, 0.717) is 16.7 Å². The molecule has 0 unspecified atom stereocenters. The molecule has 0 saturated carbocycles. The van der Waals surface area contributed by atoms with Gasteiger partial charge in [0.05, 0.1) is 12.1 Å². The molecule has 138 valence electrons. The first-order chi connectivity index (χ1) is 13.1. The van der Waals surface area contributed by atoms with Gasteiger partial charge in [-0.1, -0.05) is 29.8 Å². The van der Waals surface area contributed by atoms with Crippen LogP contribution in [0, 0.1) is 6.92 Å². The summed E-state index contributed by atoms with van der Waals surface area (Å²) in [6, 6.07) is 16.0. The molecule has 0 bridgehead atoms. The molecule has 6 heteroatoms. The summed E-state index contributed by atoms with van der Waals surface area (Å²) >= 11 is 6.23. The lowest BCUT2D eigenvalue weighted by atomic mass is 10.0. The van der Waals surface area contributed by atoms with Crippen molar-refractivity contribution in [2.24, 2.45) is 0 Å². The van der Waals surface area contributed by atoms with Gasteiger partial charge >= 0.3 is 0 Å². The van der Waals surface area contributed by atoms with Gasteiger partial charge in [-0.3, -0.25) is 0 Å². The topological polar surface area (TPSA) is 50.3 Å². The maximum atomic E-state index is 6.23. The number of fused-ring (bicyclic) bond motifs is 1. The molecule has 27 heavy (non-hydrogen) atoms. The molecule has 3 aromatic rings. The Morgan fingerprint density at radius 3 is 2.78 bits per heavy atom. The summed E-state index contributed by atoms with van der Waals surface area (Å²) in [5.41, 5.74) is 4.28. The Kier molecular flexibility index (Phi) is 4.86. The van der Waals surface area contributed by atoms with Crippen molar-refractivity contribution in [3.63, 3.8) is 0 Å². The van der Waals surface area contributed by atoms with Crippen LogP contribution in [-0.4, -0.2) is 23.6 Å². The van der Waals surface area contributed by atoms with Gasteiger partial charge in [0.2, 0.25) is 5.95 Å². The van der Waals surface area contributed by atoms with Gasteiger partial charge in [0.25, 0.3) is 0 Å². The Hall–Kier alpha value is -2.79. The Morgan fingerprint density at radius 2 is 1.96 bits per heavy atom. The van der Waals surface area contributed by atoms with E-state index in [1.54, 1.807) is 7.11 Å². The second-order valence-corrected chi connectivity index (χ2v) is 6.96. The fourth-order valence-electron chi connectivity index (χ4n) is 3.37. The van der Waals surface area contributed by atoms with Gasteiger partial charge in [-0.2, -0.15) is 4.98 Å². The fourth-order valence-corrected chi connectivity index (χ4v) is 3.63. The molecule has 0 atom stereocenters. The summed E-state index contributed by atoms with van der Waals surface area (Å²) in [6.07, 6.45) is 2.18. The van der Waals surface area contributed by atoms with Crippen LogP contribution in [0.3, 0.4) is 0 Å². The molecule has 1 aliphatic rings. The van der Waals surface area contributed by atoms with Crippen molar-refractivity contribution < 1.29 is 4.74 Å². The molecule has 4 rings (SSSR count). The van der Waals surface area contributed by atoms with Crippen molar-refractivity contribution >= 4 is 34.7 Å². The smallest absolute Gasteiger partial charge is 0.232 e. The first-order valence-corrected chi connectivity index (χ1v) is 9.33. The third-order valence-electron chi connectivity index (χ3n) is 4.62. The fraction of sp³-hybridized carbons (Fsp3) is 0.238. The van der Waals surface area contributed by atoms with Gasteiger partial charge in [-0.05, 0) is 49.6 Å². The second kappa shape index (κ2) is 7.45. The van der Waals surface area contributed by atoms with Crippen LogP contribution in [0.4, 0.5) is 23.1 Å². The molecule has 1 aliphatic heterocycles. The van der Waals surface area contributed by atoms with Crippen molar-refractivity contribution in [3.8, 4) is 5.75 Å². The summed E-state index contributed by atoms with van der Waals surface area (Å²) in [7, 11) is 1.60. The van der Waals surface area contributed by atoms with Crippen LogP contribution in [0.2, 0.25) is 5.02 Å². The van der Waals surface area contributed by atoms with Crippen LogP contribution in [0.1, 0.15) is 17.7 Å². The SMILES string of the molecule is COc1ccc(Nc2cc(C)nc(N3CCCc4ccccc43)n2)cc1Cl. The Labute approximate surface area is 164 Å². The van der Waals surface area contributed by atoms with Crippen molar-refractivity contribution in [2.45, 2.75) is 19.8 Å². The van der Waals surface area contributed by atoms with E-state index in [9.17, 15) is 0 Å². The highest BCUT2D eigenvalue weighted by Gasteiger charge is 2.20. The number of methoxy groups -OCH3 is 1. The van der Waals surface area contributed by atoms with E-state index in [4.69, 9.17) is 21.3 Å². The van der Waals surface area contributed by atoms with Crippen LogP contribution in [-0.2, 0) is 6.42 Å². The number of aryl methyl sites for hydroxylation is 2. The molecule has 0 aliphatic carbocycles. The van der Waals surface area contributed by atoms with Crippen molar-refractivity contribution in [1.29, 1.82) is 0 Å². The van der Waals surface area contributed by atoms with Crippen LogP contribution in [0.5, 0.6) is 5.75 Å². The number of hydrogen-bond donors (Lipinski definition) is 1. The molecule has 2 aromatic carbocycles. The highest BCUT2D eigenvalue weighted by atomic mass is 35.5. The van der Waals surface area contributed by atoms with Gasteiger partial charge < -0.3 is 15.0 Å². The Balaban J connectivity index is 1.66. The molecule has 1 aromatic heterocycles. The number of hydrogen-bond acceptors (Lipinski definition) is 5. The maximum Gasteiger partial charge on any atom is 0.232 e. The molecule has 0 amide bonds. The van der Waals surface area contributed by atoms with Crippen molar-refractivity contribution in [1.82, 2.24) is 9.97 Å². The average Bonchev–Trinajstić information content (AvgIpc) is 2.67. The van der Waals surface area contributed by atoms with Gasteiger partial charge in [0, 0.05) is 29.7 Å². The third kappa shape index (κ3) is 3.69. The average molecular weight is 381 g/mol. The zero-order valence-corrected chi connectivity index (χ0v) is 16.1. The standard InChI is InChI=1S/C21H21ClN4O/c1-14-12-20(24-16-9-10-19(27-2)17(22)13-16)25-21(23-14)26-11-5-7-15-6-3-4-8-18(15)26/h3-4,6,8-10,12-13H,5,7,11H2,1-2H3,(H,23,24,25). The normalized spacial score (nSPS) is 13.2. The second-order valence-electron chi connectivity index (χ2n) is 6.55. The molecule has 0 spiro atoms. The number of benzene rings is 2. The number of anilines is 4. The van der Waals surface area contributed by atoms with Gasteiger partial charge in [-0.15, -0.1) is 0 Å². The number of nitrogens with one attached hydrogen (secondary N) is 1. The molecule has 2 heterocycles. The summed E-state index contributed by atoms with van der Waals surface area (Å²) < 4.78 is 5.21. The maximum absolute atomic E-state index is 6.23. The minimum atomic E-state index is 0.554. The number of rotatable bonds is 4. The first-order valence-electron chi connectivity index (χ1n) is 8.96. The lowest BCUT2D eigenvalue weighted by Crippen LogP contribution is -2.26. The van der Waals surface area contributed by atoms with E-state index < -0.39 is 0 Å². The zero-order valence-electron chi connectivity index (χ0n) is 15.4. The van der Waals surface area contributed by atoms with E-state index >= 15 is 0 Å². The summed E-state index contributed by atoms with van der Waals surface area (Å²) in [5.74, 6) is 2.10. The predicted molar refractivity (Wildman–Crippen MR) is 110 cm³/mol. The largest absolute Gasteiger partial charge is 0.495 e. The third-order valence-corrected chi connectivity index (χ3v) is 4.91. The van der Waals surface area contributed by atoms with E-state index in [1.165, 1.54) is 11.3 Å². The number of nitrogens with zero attached hydrogens (tertiary/aromatic N) is 3. The minimum Gasteiger partial charge on any atom is -0.495 e. The summed E-state index contributed by atoms with van der Waals surface area (Å²) in [4.78, 5) is 11.6. The molecular formula is C21H21ClN4O. The number of halogens is 1. The first kappa shape index (κ1) is 17.6. The Bertz CT molecular complexity index is 976. The number of aromatic nitrogens is 2. The van der Waals surface area contributed by atoms with Crippen molar-refractivity contribution in [2.75, 3.05) is 23.9 Å². The van der Waals surface area contributed by atoms with E-state index in [0.717, 1.165) is 36.6 Å². The minimum absolute atomic E-state index is 0.554. The molecule has 0 saturated heterocycles. The lowest BCUT2D eigenvalue weighted by Gasteiger charge is -2.29. The van der Waals surface area contributed by atoms with Gasteiger partial charge in [0.15, 0.2) is 0 Å². The van der Waals surface area contributed by atoms with Crippen LogP contribution in [0.25, 0.3) is 0 Å². The van der Waals surface area contributed by atoms with Crippen LogP contribution < -0.4 is 15.0 Å². The van der Waals surface area contributed by atoms with Crippen LogP contribution >= 0.6 is 11.6 Å². The molecule has 0 fully saturated rings. The molecular weight excluding hydrogens is 360 g/mol. The summed E-state index contributed by atoms with van der Waals surface area (Å²) in [5, 5.41) is 3.88. The lowest BCUT2D eigenvalue weighted by molar-refractivity contribution is 0.415. The van der Waals surface area contributed by atoms with Gasteiger partial charge in [0.1, 0.15) is 11.6 Å². The van der Waals surface area contributed by atoms with E-state index in [1.807, 2.05) is 31.2 Å². The van der Waals surface area contributed by atoms with Gasteiger partial charge in [-0.25, -0.2) is 4.98 Å². The summed E-state index contributed by atoms with van der Waals surface area (Å²) in [6.45, 7) is 2.89. The van der Waals surface area contributed by atoms with Crippen LogP contribution in [0.15, 0.2) is 48.5 Å². The monoisotopic (exact) mass is 380 g/mol. The van der Waals surface area contributed by atoms with E-state index in [-0.39, 0.29) is 0 Å². The molecule has 1 N–H and O–H groups in total. The number of para-hydroxylation sites is 1. The highest BCUT2D eigenvalue weighted by Crippen LogP contribution is 2.33. The zero-order chi connectivity index (χ0) is 18.8. The Morgan fingerprint density at radius 1 is 1.11 bits per heavy atom.